The number of halogens is 2. The van der Waals surface area contributed by atoms with Gasteiger partial charge in [0.1, 0.15) is 12.7 Å². The van der Waals surface area contributed by atoms with Gasteiger partial charge in [-0.05, 0) is 19.3 Å². The minimum Gasteiger partial charge on any atom is -0.458 e. The molecule has 0 amide bonds. The minimum atomic E-state index is -3.92. The van der Waals surface area contributed by atoms with Gasteiger partial charge in [-0.3, -0.25) is 0 Å². The molecular formula is C13H20F2O5S. The van der Waals surface area contributed by atoms with Crippen molar-refractivity contribution < 1.29 is 32.3 Å². The van der Waals surface area contributed by atoms with Gasteiger partial charge in [0, 0.05) is 6.61 Å². The highest BCUT2D eigenvalue weighted by atomic mass is 32.2. The highest BCUT2D eigenvalue weighted by molar-refractivity contribution is 7.95. The number of ether oxygens (including phenoxy) is 3. The van der Waals surface area contributed by atoms with Crippen LogP contribution in [-0.4, -0.2) is 47.3 Å². The molecule has 2 unspecified atom stereocenters. The topological polar surface area (TPSA) is 68.3 Å². The van der Waals surface area contributed by atoms with Crippen LogP contribution >= 0.6 is 12.0 Å². The smallest absolute Gasteiger partial charge is 0.412 e. The van der Waals surface area contributed by atoms with Gasteiger partial charge in [-0.15, -0.1) is 0 Å². The molecule has 0 aromatic heterocycles. The van der Waals surface area contributed by atoms with Crippen molar-refractivity contribution >= 4 is 18.0 Å². The number of carbonyl (C=O) groups excluding carboxylic acids is 1. The maximum atomic E-state index is 12.7. The Morgan fingerprint density at radius 2 is 2.00 bits per heavy atom. The first kappa shape index (κ1) is 16.9. The summed E-state index contributed by atoms with van der Waals surface area (Å²) in [4.78, 5) is 10.9. The highest BCUT2D eigenvalue weighted by Gasteiger charge is 2.45. The molecule has 1 saturated carbocycles. The van der Waals surface area contributed by atoms with E-state index in [1.54, 1.807) is 0 Å². The lowest BCUT2D eigenvalue weighted by Crippen LogP contribution is -2.28. The van der Waals surface area contributed by atoms with Crippen LogP contribution in [0.5, 0.6) is 0 Å². The second-order valence-electron chi connectivity index (χ2n) is 5.34. The fourth-order valence-corrected chi connectivity index (χ4v) is 2.57. The Kier molecular flexibility index (Phi) is 6.21. The first-order valence-corrected chi connectivity index (χ1v) is 7.95. The Morgan fingerprint density at radius 3 is 2.67 bits per heavy atom. The summed E-state index contributed by atoms with van der Waals surface area (Å²) in [5.74, 6) is -1.75. The average molecular weight is 326 g/mol. The minimum absolute atomic E-state index is 0.100. The maximum absolute atomic E-state index is 12.7. The summed E-state index contributed by atoms with van der Waals surface area (Å²) < 4.78 is 49.0. The molecule has 2 fully saturated rings. The van der Waals surface area contributed by atoms with Crippen LogP contribution in [0.25, 0.3) is 0 Å². The monoisotopic (exact) mass is 326 g/mol. The van der Waals surface area contributed by atoms with Crippen LogP contribution in [0.1, 0.15) is 38.5 Å². The predicted molar refractivity (Wildman–Crippen MR) is 72.2 cm³/mol. The molecule has 1 heterocycles. The van der Waals surface area contributed by atoms with Gasteiger partial charge < -0.3 is 18.8 Å². The molecule has 0 aromatic carbocycles. The van der Waals surface area contributed by atoms with Gasteiger partial charge in [0.15, 0.2) is 0 Å². The van der Waals surface area contributed by atoms with Crippen LogP contribution in [0, 0.1) is 0 Å². The number of hydrogen-bond acceptors (Lipinski definition) is 6. The molecular weight excluding hydrogens is 306 g/mol. The van der Waals surface area contributed by atoms with Gasteiger partial charge in [-0.25, -0.2) is 4.79 Å². The molecule has 8 heteroatoms. The third-order valence-corrected chi connectivity index (χ3v) is 4.12. The molecule has 0 bridgehead atoms. The van der Waals surface area contributed by atoms with Crippen molar-refractivity contribution in [3.05, 3.63) is 0 Å². The molecule has 1 aliphatic heterocycles. The van der Waals surface area contributed by atoms with E-state index in [0.29, 0.717) is 19.1 Å². The van der Waals surface area contributed by atoms with Crippen molar-refractivity contribution in [2.75, 3.05) is 13.2 Å². The van der Waals surface area contributed by atoms with Crippen LogP contribution in [0.15, 0.2) is 0 Å². The predicted octanol–water partition coefficient (Wildman–Crippen LogP) is 2.84. The molecule has 2 rings (SSSR count). The van der Waals surface area contributed by atoms with Gasteiger partial charge in [0.25, 0.3) is 0 Å². The van der Waals surface area contributed by atoms with E-state index in [4.69, 9.17) is 14.0 Å². The first-order valence-electron chi connectivity index (χ1n) is 7.17. The Bertz CT molecular complexity index is 349. The SMILES string of the molecule is O=C(OCC1OC1CCOC1CCCCC1)C(F)(F)SO. The van der Waals surface area contributed by atoms with Crippen LogP contribution in [0.4, 0.5) is 8.78 Å². The van der Waals surface area contributed by atoms with Gasteiger partial charge >= 0.3 is 11.2 Å². The normalized spacial score (nSPS) is 26.6. The van der Waals surface area contributed by atoms with Gasteiger partial charge in [0.05, 0.1) is 24.3 Å². The molecule has 2 aliphatic rings. The van der Waals surface area contributed by atoms with E-state index >= 15 is 0 Å². The summed E-state index contributed by atoms with van der Waals surface area (Å²) in [6.45, 7) is 0.353. The Morgan fingerprint density at radius 1 is 1.29 bits per heavy atom. The van der Waals surface area contributed by atoms with E-state index in [-0.39, 0.29) is 18.8 Å². The lowest BCUT2D eigenvalue weighted by molar-refractivity contribution is -0.160. The van der Waals surface area contributed by atoms with E-state index in [1.165, 1.54) is 19.3 Å². The molecule has 0 aromatic rings. The fourth-order valence-electron chi connectivity index (χ4n) is 2.44. The summed E-state index contributed by atoms with van der Waals surface area (Å²) in [5, 5.41) is -3.92. The Balaban J connectivity index is 1.53. The summed E-state index contributed by atoms with van der Waals surface area (Å²) >= 11 is -0.831. The van der Waals surface area contributed by atoms with E-state index in [0.717, 1.165) is 12.8 Å². The zero-order valence-corrected chi connectivity index (χ0v) is 12.4. The van der Waals surface area contributed by atoms with Crippen LogP contribution in [0.2, 0.25) is 0 Å². The molecule has 5 nitrogen and oxygen atoms in total. The van der Waals surface area contributed by atoms with Gasteiger partial charge in [-0.2, -0.15) is 8.78 Å². The van der Waals surface area contributed by atoms with Crippen molar-refractivity contribution in [2.24, 2.45) is 0 Å². The molecule has 2 atom stereocenters. The Labute approximate surface area is 126 Å². The summed E-state index contributed by atoms with van der Waals surface area (Å²) in [7, 11) is 0. The average Bonchev–Trinajstić information content (AvgIpc) is 3.24. The summed E-state index contributed by atoms with van der Waals surface area (Å²) in [6, 6.07) is 0. The maximum Gasteiger partial charge on any atom is 0.412 e. The molecule has 0 spiro atoms. The van der Waals surface area contributed by atoms with Crippen molar-refractivity contribution in [3.63, 3.8) is 0 Å². The van der Waals surface area contributed by atoms with Crippen LogP contribution in [0.3, 0.4) is 0 Å². The van der Waals surface area contributed by atoms with Crippen molar-refractivity contribution in [3.8, 4) is 0 Å². The zero-order chi connectivity index (χ0) is 15.3. The highest BCUT2D eigenvalue weighted by Crippen LogP contribution is 2.30. The van der Waals surface area contributed by atoms with E-state index in [2.05, 4.69) is 4.74 Å². The lowest BCUT2D eigenvalue weighted by atomic mass is 9.98. The van der Waals surface area contributed by atoms with Crippen molar-refractivity contribution in [1.29, 1.82) is 0 Å². The van der Waals surface area contributed by atoms with E-state index in [1.807, 2.05) is 0 Å². The molecule has 0 radical (unpaired) electrons. The van der Waals surface area contributed by atoms with E-state index in [9.17, 15) is 13.6 Å². The summed E-state index contributed by atoms with van der Waals surface area (Å²) in [6.07, 6.45) is 6.44. The third-order valence-electron chi connectivity index (χ3n) is 3.73. The lowest BCUT2D eigenvalue weighted by Gasteiger charge is -2.21. The van der Waals surface area contributed by atoms with Crippen molar-refractivity contribution in [1.82, 2.24) is 0 Å². The number of epoxide rings is 1. The number of hydrogen-bond donors (Lipinski definition) is 1. The van der Waals surface area contributed by atoms with Crippen LogP contribution in [-0.2, 0) is 19.0 Å². The standard InChI is InChI=1S/C13H20F2O5S/c14-13(15,21-17)12(16)19-8-11-10(20-11)6-7-18-9-4-2-1-3-5-9/h9-11,17H,1-8H2. The number of rotatable bonds is 8. The molecule has 21 heavy (non-hydrogen) atoms. The summed E-state index contributed by atoms with van der Waals surface area (Å²) in [5.41, 5.74) is 0. The quantitative estimate of drug-likeness (QED) is 0.420. The number of alkyl halides is 2. The molecule has 1 saturated heterocycles. The molecule has 1 N–H and O–H groups in total. The second kappa shape index (κ2) is 7.71. The van der Waals surface area contributed by atoms with Crippen LogP contribution < -0.4 is 0 Å². The molecule has 122 valence electrons. The van der Waals surface area contributed by atoms with Gasteiger partial charge in [-0.1, -0.05) is 19.3 Å². The fraction of sp³-hybridized carbons (Fsp3) is 0.923. The third kappa shape index (κ3) is 5.36. The second-order valence-corrected chi connectivity index (χ2v) is 6.03. The largest absolute Gasteiger partial charge is 0.458 e. The Hall–Kier alpha value is -0.440. The number of esters is 1. The molecule has 1 aliphatic carbocycles. The zero-order valence-electron chi connectivity index (χ0n) is 11.6. The van der Waals surface area contributed by atoms with Gasteiger partial charge in [0.2, 0.25) is 0 Å². The van der Waals surface area contributed by atoms with Crippen molar-refractivity contribution in [2.45, 2.75) is 62.1 Å². The number of carbonyl (C=O) groups is 1. The first-order chi connectivity index (χ1) is 10.0. The van der Waals surface area contributed by atoms with E-state index < -0.39 is 23.3 Å².